The fourth-order valence-electron chi connectivity index (χ4n) is 1.08. The van der Waals surface area contributed by atoms with Crippen LogP contribution in [-0.4, -0.2) is 24.0 Å². The van der Waals surface area contributed by atoms with Crippen LogP contribution in [0.15, 0.2) is 0 Å². The van der Waals surface area contributed by atoms with Crippen molar-refractivity contribution >= 4 is 11.9 Å². The third-order valence-corrected chi connectivity index (χ3v) is 2.34. The number of carbonyl (C=O) groups excluding carboxylic acids is 2. The van der Waals surface area contributed by atoms with E-state index in [-0.39, 0.29) is 103 Å². The first-order valence-corrected chi connectivity index (χ1v) is 6.29. The molecule has 0 aromatic carbocycles. The third-order valence-electron chi connectivity index (χ3n) is 2.34. The summed E-state index contributed by atoms with van der Waals surface area (Å²) in [6, 6.07) is -1.55. The molecule has 0 aliphatic rings. The van der Waals surface area contributed by atoms with E-state index in [4.69, 9.17) is 11.5 Å². The number of unbranched alkanes of at least 4 members (excludes halogenated alkanes) is 2. The van der Waals surface area contributed by atoms with Gasteiger partial charge in [-0.25, -0.2) is 0 Å². The maximum atomic E-state index is 9.97. The monoisotopic (exact) mass is 338 g/mol. The van der Waals surface area contributed by atoms with Crippen LogP contribution in [0.5, 0.6) is 0 Å². The molecule has 6 nitrogen and oxygen atoms in total. The van der Waals surface area contributed by atoms with Crippen LogP contribution in [0.3, 0.4) is 0 Å². The number of carbonyl (C=O) groups is 2. The first-order chi connectivity index (χ1) is 8.36. The van der Waals surface area contributed by atoms with Crippen molar-refractivity contribution in [3.05, 3.63) is 0 Å². The molecule has 0 aromatic rings. The van der Waals surface area contributed by atoms with Gasteiger partial charge in [0, 0.05) is 12.1 Å². The molecule has 0 amide bonds. The molecule has 0 aliphatic carbocycles. The van der Waals surface area contributed by atoms with Crippen molar-refractivity contribution in [1.82, 2.24) is 0 Å². The van der Waals surface area contributed by atoms with E-state index < -0.39 is 24.0 Å². The third kappa shape index (κ3) is 22.4. The van der Waals surface area contributed by atoms with Crippen molar-refractivity contribution in [2.45, 2.75) is 64.5 Å². The summed E-state index contributed by atoms with van der Waals surface area (Å²) in [5.41, 5.74) is 10.3. The Morgan fingerprint density at radius 2 is 1.10 bits per heavy atom. The molecule has 108 valence electrons. The average Bonchev–Trinajstić information content (AvgIpc) is 2.33. The standard InChI is InChI=1S/2C6H13NO2.2K/c2*1-2-3-4-5(7)6(8)9;;/h2*5H,2-4,7H2,1H3,(H,8,9);;/q;;2*+1/p-2. The Morgan fingerprint density at radius 3 is 1.25 bits per heavy atom. The zero-order valence-corrected chi connectivity index (χ0v) is 19.4. The molecule has 8 heteroatoms. The zero-order chi connectivity index (χ0) is 14.6. The summed E-state index contributed by atoms with van der Waals surface area (Å²) >= 11 is 0. The molecule has 2 unspecified atom stereocenters. The van der Waals surface area contributed by atoms with Gasteiger partial charge in [0.05, 0.1) is 11.9 Å². The molecule has 0 spiro atoms. The molecular formula is C12H24K2N2O4. The number of rotatable bonds is 8. The van der Waals surface area contributed by atoms with Crippen LogP contribution in [0.4, 0.5) is 0 Å². The van der Waals surface area contributed by atoms with E-state index in [1.807, 2.05) is 13.8 Å². The van der Waals surface area contributed by atoms with Gasteiger partial charge in [-0.15, -0.1) is 0 Å². The average molecular weight is 339 g/mol. The second-order valence-electron chi connectivity index (χ2n) is 4.14. The Labute approximate surface area is 206 Å². The number of hydrogen-bond acceptors (Lipinski definition) is 6. The Morgan fingerprint density at radius 1 is 0.850 bits per heavy atom. The minimum atomic E-state index is -1.15. The summed E-state index contributed by atoms with van der Waals surface area (Å²) in [6.07, 6.45) is 4.71. The molecule has 0 aromatic heterocycles. The van der Waals surface area contributed by atoms with Crippen LogP contribution >= 0.6 is 0 Å². The summed E-state index contributed by atoms with van der Waals surface area (Å²) < 4.78 is 0. The quantitative estimate of drug-likeness (QED) is 0.423. The second-order valence-corrected chi connectivity index (χ2v) is 4.14. The first kappa shape index (κ1) is 30.1. The van der Waals surface area contributed by atoms with E-state index in [1.54, 1.807) is 0 Å². The van der Waals surface area contributed by atoms with Gasteiger partial charge in [0.2, 0.25) is 0 Å². The molecule has 0 rings (SSSR count). The zero-order valence-electron chi connectivity index (χ0n) is 13.2. The topological polar surface area (TPSA) is 132 Å². The molecule has 4 N–H and O–H groups in total. The van der Waals surface area contributed by atoms with E-state index >= 15 is 0 Å². The number of carboxylic acid groups (broad SMARTS) is 2. The molecule has 20 heavy (non-hydrogen) atoms. The molecular weight excluding hydrogens is 314 g/mol. The fraction of sp³-hybridized carbons (Fsp3) is 0.833. The Balaban J connectivity index is -0.000000116. The van der Waals surface area contributed by atoms with Crippen LogP contribution in [0.2, 0.25) is 0 Å². The smallest absolute Gasteiger partial charge is 0.548 e. The molecule has 0 saturated carbocycles. The summed E-state index contributed by atoms with van der Waals surface area (Å²) in [5, 5.41) is 19.9. The number of aliphatic carboxylic acids is 2. The van der Waals surface area contributed by atoms with Crippen molar-refractivity contribution in [3.8, 4) is 0 Å². The summed E-state index contributed by atoms with van der Waals surface area (Å²) in [6.45, 7) is 3.98. The van der Waals surface area contributed by atoms with Crippen molar-refractivity contribution < 1.29 is 123 Å². The summed E-state index contributed by atoms with van der Waals surface area (Å²) in [4.78, 5) is 19.9. The van der Waals surface area contributed by atoms with Gasteiger partial charge in [-0.3, -0.25) is 0 Å². The van der Waals surface area contributed by atoms with Crippen LogP contribution < -0.4 is 124 Å². The predicted octanol–water partition coefficient (Wildman–Crippen LogP) is -7.48. The predicted molar refractivity (Wildman–Crippen MR) is 65.0 cm³/mol. The molecule has 0 radical (unpaired) electrons. The van der Waals surface area contributed by atoms with E-state index in [0.717, 1.165) is 25.7 Å². The van der Waals surface area contributed by atoms with Gasteiger partial charge in [0.15, 0.2) is 0 Å². The van der Waals surface area contributed by atoms with E-state index in [9.17, 15) is 19.8 Å². The van der Waals surface area contributed by atoms with Crippen molar-refractivity contribution in [3.63, 3.8) is 0 Å². The Kier molecular flexibility index (Phi) is 31.8. The first-order valence-electron chi connectivity index (χ1n) is 6.29. The van der Waals surface area contributed by atoms with Gasteiger partial charge < -0.3 is 31.3 Å². The molecule has 0 aliphatic heterocycles. The van der Waals surface area contributed by atoms with Gasteiger partial charge in [-0.1, -0.05) is 39.5 Å². The Hall–Kier alpha value is 2.13. The van der Waals surface area contributed by atoms with E-state index in [2.05, 4.69) is 0 Å². The SMILES string of the molecule is CCCCC(N)C(=O)[O-].CCCCC(N)C(=O)[O-].[K+].[K+]. The minimum Gasteiger partial charge on any atom is -0.548 e. The minimum absolute atomic E-state index is 0. The summed E-state index contributed by atoms with van der Waals surface area (Å²) in [7, 11) is 0. The molecule has 2 atom stereocenters. The number of hydrogen-bond donors (Lipinski definition) is 2. The van der Waals surface area contributed by atoms with E-state index in [0.29, 0.717) is 12.8 Å². The van der Waals surface area contributed by atoms with Gasteiger partial charge in [0.1, 0.15) is 0 Å². The van der Waals surface area contributed by atoms with Gasteiger partial charge in [-0.2, -0.15) is 0 Å². The van der Waals surface area contributed by atoms with Gasteiger partial charge in [-0.05, 0) is 12.8 Å². The molecule has 0 saturated heterocycles. The van der Waals surface area contributed by atoms with Crippen LogP contribution in [-0.2, 0) is 9.59 Å². The summed E-state index contributed by atoms with van der Waals surface area (Å²) in [5.74, 6) is -2.30. The maximum Gasteiger partial charge on any atom is 1.00 e. The van der Waals surface area contributed by atoms with Gasteiger partial charge >= 0.3 is 103 Å². The molecule has 0 bridgehead atoms. The molecule has 0 fully saturated rings. The number of carboxylic acids is 2. The second kappa shape index (κ2) is 21.1. The fourth-order valence-corrected chi connectivity index (χ4v) is 1.08. The van der Waals surface area contributed by atoms with E-state index in [1.165, 1.54) is 0 Å². The van der Waals surface area contributed by atoms with Crippen molar-refractivity contribution in [2.75, 3.05) is 0 Å². The van der Waals surface area contributed by atoms with Crippen LogP contribution in [0.25, 0.3) is 0 Å². The molecule has 0 heterocycles. The van der Waals surface area contributed by atoms with Gasteiger partial charge in [0.25, 0.3) is 0 Å². The van der Waals surface area contributed by atoms with Crippen LogP contribution in [0, 0.1) is 0 Å². The van der Waals surface area contributed by atoms with Crippen LogP contribution in [0.1, 0.15) is 52.4 Å². The Bertz CT molecular complexity index is 219. The van der Waals surface area contributed by atoms with Crippen molar-refractivity contribution in [2.24, 2.45) is 11.5 Å². The number of nitrogens with two attached hydrogens (primary N) is 2. The maximum absolute atomic E-state index is 9.97. The normalized spacial score (nSPS) is 11.8. The van der Waals surface area contributed by atoms with Crippen molar-refractivity contribution in [1.29, 1.82) is 0 Å². The largest absolute Gasteiger partial charge is 1.00 e.